The standard InChI is InChI=1S/C11H19N3O4S2/c1-11(2,3)14-20(17,18)13-10-12-8(7-19-10)5-4-6-9(15)16/h7,14H,4-6H2,1-3H3,(H,12,13)(H,15,16). The van der Waals surface area contributed by atoms with E-state index in [4.69, 9.17) is 5.11 Å². The third-order valence-corrected chi connectivity index (χ3v) is 4.32. The summed E-state index contributed by atoms with van der Waals surface area (Å²) < 4.78 is 28.4. The van der Waals surface area contributed by atoms with E-state index in [1.54, 1.807) is 26.2 Å². The highest BCUT2D eigenvalue weighted by atomic mass is 32.2. The highest BCUT2D eigenvalue weighted by Crippen LogP contribution is 2.18. The van der Waals surface area contributed by atoms with Gasteiger partial charge >= 0.3 is 16.2 Å². The molecule has 0 saturated carbocycles. The van der Waals surface area contributed by atoms with Gasteiger partial charge in [-0.3, -0.25) is 4.79 Å². The Hall–Kier alpha value is -1.19. The van der Waals surface area contributed by atoms with Crippen molar-refractivity contribution >= 4 is 32.6 Å². The highest BCUT2D eigenvalue weighted by Gasteiger charge is 2.20. The molecule has 0 aromatic carbocycles. The zero-order valence-electron chi connectivity index (χ0n) is 11.6. The Bertz CT molecular complexity index is 560. The molecule has 0 atom stereocenters. The average Bonchev–Trinajstić information content (AvgIpc) is 2.60. The highest BCUT2D eigenvalue weighted by molar-refractivity contribution is 7.91. The number of thiazole rings is 1. The van der Waals surface area contributed by atoms with Crippen LogP contribution in [0.4, 0.5) is 5.13 Å². The fraction of sp³-hybridized carbons (Fsp3) is 0.636. The molecule has 7 nitrogen and oxygen atoms in total. The first kappa shape index (κ1) is 16.9. The van der Waals surface area contributed by atoms with E-state index in [2.05, 4.69) is 14.4 Å². The van der Waals surface area contributed by atoms with Gasteiger partial charge in [-0.25, -0.2) is 9.71 Å². The number of nitrogens with zero attached hydrogens (tertiary/aromatic N) is 1. The first-order valence-corrected chi connectivity index (χ1v) is 8.41. The van der Waals surface area contributed by atoms with Crippen molar-refractivity contribution in [3.05, 3.63) is 11.1 Å². The van der Waals surface area contributed by atoms with Crippen LogP contribution in [-0.4, -0.2) is 30.0 Å². The summed E-state index contributed by atoms with van der Waals surface area (Å²) in [5.41, 5.74) is 0.109. The van der Waals surface area contributed by atoms with Crippen molar-refractivity contribution in [2.24, 2.45) is 0 Å². The molecule has 20 heavy (non-hydrogen) atoms. The Balaban J connectivity index is 2.57. The second kappa shape index (κ2) is 6.51. The molecule has 114 valence electrons. The van der Waals surface area contributed by atoms with Gasteiger partial charge in [-0.2, -0.15) is 13.1 Å². The van der Waals surface area contributed by atoms with Gasteiger partial charge in [0.05, 0.1) is 5.69 Å². The van der Waals surface area contributed by atoms with Crippen molar-refractivity contribution in [2.75, 3.05) is 4.72 Å². The predicted molar refractivity (Wildman–Crippen MR) is 78.1 cm³/mol. The number of nitrogens with one attached hydrogen (secondary N) is 2. The molecule has 0 amide bonds. The summed E-state index contributed by atoms with van der Waals surface area (Å²) in [5, 5.41) is 10.5. The van der Waals surface area contributed by atoms with E-state index in [-0.39, 0.29) is 11.6 Å². The SMILES string of the molecule is CC(C)(C)NS(=O)(=O)Nc1nc(CCCC(=O)O)cs1. The zero-order valence-corrected chi connectivity index (χ0v) is 13.3. The first-order valence-electron chi connectivity index (χ1n) is 6.05. The molecule has 1 rings (SSSR count). The van der Waals surface area contributed by atoms with Crippen LogP contribution in [-0.2, 0) is 21.4 Å². The average molecular weight is 321 g/mol. The van der Waals surface area contributed by atoms with E-state index in [1.165, 1.54) is 11.3 Å². The lowest BCUT2D eigenvalue weighted by molar-refractivity contribution is -0.137. The van der Waals surface area contributed by atoms with Crippen molar-refractivity contribution in [2.45, 2.75) is 45.6 Å². The minimum absolute atomic E-state index is 0.0736. The van der Waals surface area contributed by atoms with E-state index < -0.39 is 21.7 Å². The lowest BCUT2D eigenvalue weighted by Crippen LogP contribution is -2.43. The molecule has 0 aliphatic rings. The number of carboxylic acid groups (broad SMARTS) is 1. The minimum atomic E-state index is -3.66. The Morgan fingerprint density at radius 1 is 1.45 bits per heavy atom. The number of hydrogen-bond acceptors (Lipinski definition) is 5. The van der Waals surface area contributed by atoms with Crippen LogP contribution in [0.5, 0.6) is 0 Å². The lowest BCUT2D eigenvalue weighted by Gasteiger charge is -2.20. The topological polar surface area (TPSA) is 108 Å². The van der Waals surface area contributed by atoms with Crippen LogP contribution in [0, 0.1) is 0 Å². The number of carbonyl (C=O) groups is 1. The largest absolute Gasteiger partial charge is 0.481 e. The van der Waals surface area contributed by atoms with Gasteiger partial charge in [0, 0.05) is 17.3 Å². The molecule has 0 aliphatic carbocycles. The van der Waals surface area contributed by atoms with E-state index in [0.717, 1.165) is 0 Å². The Morgan fingerprint density at radius 2 is 2.10 bits per heavy atom. The van der Waals surface area contributed by atoms with Crippen molar-refractivity contribution < 1.29 is 18.3 Å². The molecule has 0 radical (unpaired) electrons. The normalized spacial score (nSPS) is 12.3. The number of anilines is 1. The molecule has 0 unspecified atom stereocenters. The fourth-order valence-electron chi connectivity index (χ4n) is 1.43. The van der Waals surface area contributed by atoms with Gasteiger partial charge in [0.15, 0.2) is 5.13 Å². The van der Waals surface area contributed by atoms with Crippen LogP contribution in [0.3, 0.4) is 0 Å². The van der Waals surface area contributed by atoms with E-state index in [1.807, 2.05) is 0 Å². The first-order chi connectivity index (χ1) is 9.07. The third-order valence-electron chi connectivity index (χ3n) is 2.04. The van der Waals surface area contributed by atoms with Crippen LogP contribution in [0.25, 0.3) is 0 Å². The van der Waals surface area contributed by atoms with Gasteiger partial charge in [0.1, 0.15) is 0 Å². The van der Waals surface area contributed by atoms with Crippen LogP contribution >= 0.6 is 11.3 Å². The van der Waals surface area contributed by atoms with Crippen LogP contribution < -0.4 is 9.44 Å². The van der Waals surface area contributed by atoms with Crippen molar-refractivity contribution in [3.63, 3.8) is 0 Å². The van der Waals surface area contributed by atoms with Crippen molar-refractivity contribution in [1.29, 1.82) is 0 Å². The molecule has 0 bridgehead atoms. The third kappa shape index (κ3) is 6.83. The summed E-state index contributed by atoms with van der Waals surface area (Å²) >= 11 is 1.17. The second-order valence-corrected chi connectivity index (χ2v) is 7.62. The van der Waals surface area contributed by atoms with Crippen LogP contribution in [0.1, 0.15) is 39.3 Å². The van der Waals surface area contributed by atoms with Crippen LogP contribution in [0.15, 0.2) is 5.38 Å². The number of carboxylic acids is 1. The number of rotatable bonds is 7. The van der Waals surface area contributed by atoms with Gasteiger partial charge in [-0.15, -0.1) is 11.3 Å². The van der Waals surface area contributed by atoms with E-state index in [0.29, 0.717) is 18.5 Å². The fourth-order valence-corrected chi connectivity index (χ4v) is 3.68. The number of aromatic nitrogens is 1. The number of hydrogen-bond donors (Lipinski definition) is 3. The second-order valence-electron chi connectivity index (χ2n) is 5.35. The molecular formula is C11H19N3O4S2. The van der Waals surface area contributed by atoms with E-state index in [9.17, 15) is 13.2 Å². The Kier molecular flexibility index (Phi) is 5.49. The summed E-state index contributed by atoms with van der Waals surface area (Å²) in [4.78, 5) is 14.5. The van der Waals surface area contributed by atoms with Gasteiger partial charge < -0.3 is 5.11 Å². The molecule has 0 aliphatic heterocycles. The van der Waals surface area contributed by atoms with Gasteiger partial charge in [-0.05, 0) is 33.6 Å². The molecule has 0 fully saturated rings. The quantitative estimate of drug-likeness (QED) is 0.707. The maximum atomic E-state index is 11.8. The molecular weight excluding hydrogens is 302 g/mol. The molecule has 0 spiro atoms. The monoisotopic (exact) mass is 321 g/mol. The van der Waals surface area contributed by atoms with Gasteiger partial charge in [0.2, 0.25) is 0 Å². The minimum Gasteiger partial charge on any atom is -0.481 e. The number of aliphatic carboxylic acids is 1. The van der Waals surface area contributed by atoms with Crippen molar-refractivity contribution in [1.82, 2.24) is 9.71 Å². The maximum absolute atomic E-state index is 11.8. The maximum Gasteiger partial charge on any atom is 0.303 e. The van der Waals surface area contributed by atoms with Gasteiger partial charge in [-0.1, -0.05) is 0 Å². The number of aryl methyl sites for hydroxylation is 1. The summed E-state index contributed by atoms with van der Waals surface area (Å²) in [7, 11) is -3.66. The summed E-state index contributed by atoms with van der Waals surface area (Å²) in [6.07, 6.45) is 1.06. The predicted octanol–water partition coefficient (Wildman–Crippen LogP) is 1.60. The summed E-state index contributed by atoms with van der Waals surface area (Å²) in [5.74, 6) is -0.851. The van der Waals surface area contributed by atoms with Gasteiger partial charge in [0.25, 0.3) is 0 Å². The molecule has 9 heteroatoms. The van der Waals surface area contributed by atoms with Crippen molar-refractivity contribution in [3.8, 4) is 0 Å². The molecule has 0 saturated heterocycles. The molecule has 1 heterocycles. The Morgan fingerprint density at radius 3 is 2.65 bits per heavy atom. The lowest BCUT2D eigenvalue weighted by atomic mass is 10.1. The molecule has 1 aromatic heterocycles. The van der Waals surface area contributed by atoms with Crippen LogP contribution in [0.2, 0.25) is 0 Å². The molecule has 3 N–H and O–H groups in total. The zero-order chi connectivity index (χ0) is 15.4. The molecule has 1 aromatic rings. The summed E-state index contributed by atoms with van der Waals surface area (Å²) in [6.45, 7) is 5.22. The smallest absolute Gasteiger partial charge is 0.303 e. The Labute approximate surface area is 122 Å². The van der Waals surface area contributed by atoms with E-state index >= 15 is 0 Å². The summed E-state index contributed by atoms with van der Waals surface area (Å²) in [6, 6.07) is 0.